The number of rotatable bonds is 7. The fourth-order valence-electron chi connectivity index (χ4n) is 2.15. The zero-order valence-electron chi connectivity index (χ0n) is 12.2. The molecule has 0 unspecified atom stereocenters. The van der Waals surface area contributed by atoms with Crippen LogP contribution >= 0.6 is 11.6 Å². The molecule has 0 aliphatic carbocycles. The Morgan fingerprint density at radius 2 is 1.82 bits per heavy atom. The summed E-state index contributed by atoms with van der Waals surface area (Å²) in [5.74, 6) is 0. The minimum Gasteiger partial charge on any atom is -0.380 e. The van der Waals surface area contributed by atoms with Crippen LogP contribution in [0, 0.1) is 10.1 Å². The number of nitro groups is 1. The number of non-ortho nitro benzene ring substituents is 1. The number of benzene rings is 2. The molecule has 116 valence electrons. The van der Waals surface area contributed by atoms with Crippen LogP contribution in [0.15, 0.2) is 42.5 Å². The van der Waals surface area contributed by atoms with Crippen molar-refractivity contribution in [1.29, 1.82) is 0 Å². The molecule has 5 nitrogen and oxygen atoms in total. The first kappa shape index (κ1) is 16.4. The number of nitrogens with zero attached hydrogens (tertiary/aromatic N) is 1. The van der Waals surface area contributed by atoms with Crippen LogP contribution in [0.5, 0.6) is 0 Å². The first-order chi connectivity index (χ1) is 10.6. The number of hydrogen-bond acceptors (Lipinski definition) is 4. The van der Waals surface area contributed by atoms with E-state index in [2.05, 4.69) is 5.32 Å². The molecule has 0 fully saturated rings. The van der Waals surface area contributed by atoms with Crippen LogP contribution in [0.3, 0.4) is 0 Å². The molecule has 0 bridgehead atoms. The maximum Gasteiger partial charge on any atom is 0.270 e. The smallest absolute Gasteiger partial charge is 0.270 e. The summed E-state index contributed by atoms with van der Waals surface area (Å²) in [4.78, 5) is 10.2. The van der Waals surface area contributed by atoms with Crippen LogP contribution in [0.1, 0.15) is 16.7 Å². The van der Waals surface area contributed by atoms with Crippen LogP contribution < -0.4 is 5.32 Å². The Morgan fingerprint density at radius 1 is 1.14 bits per heavy atom. The van der Waals surface area contributed by atoms with E-state index >= 15 is 0 Å². The summed E-state index contributed by atoms with van der Waals surface area (Å²) in [6.45, 7) is 1.78. The molecule has 0 heterocycles. The van der Waals surface area contributed by atoms with Crippen LogP contribution in [0.25, 0.3) is 0 Å². The van der Waals surface area contributed by atoms with Crippen molar-refractivity contribution in [2.45, 2.75) is 19.7 Å². The van der Waals surface area contributed by atoms with Gasteiger partial charge in [0.2, 0.25) is 0 Å². The molecule has 0 saturated carbocycles. The molecule has 2 rings (SSSR count). The van der Waals surface area contributed by atoms with Gasteiger partial charge < -0.3 is 10.1 Å². The van der Waals surface area contributed by atoms with Gasteiger partial charge in [-0.1, -0.05) is 35.9 Å². The SMILES string of the molecule is COCc1ccccc1CNCc1ccc([N+](=O)[O-])cc1Cl. The maximum atomic E-state index is 10.7. The summed E-state index contributed by atoms with van der Waals surface area (Å²) in [6.07, 6.45) is 0. The fraction of sp³-hybridized carbons (Fsp3) is 0.250. The molecule has 0 atom stereocenters. The second-order valence-electron chi connectivity index (χ2n) is 4.84. The number of ether oxygens (including phenoxy) is 1. The molecule has 6 heteroatoms. The first-order valence-corrected chi connectivity index (χ1v) is 7.19. The highest BCUT2D eigenvalue weighted by molar-refractivity contribution is 6.31. The number of hydrogen-bond donors (Lipinski definition) is 1. The molecule has 1 N–H and O–H groups in total. The Morgan fingerprint density at radius 3 is 2.45 bits per heavy atom. The number of methoxy groups -OCH3 is 1. The standard InChI is InChI=1S/C16H17ClN2O3/c1-22-11-14-5-3-2-4-12(14)9-18-10-13-6-7-15(19(20)21)8-16(13)17/h2-8,18H,9-11H2,1H3. The average molecular weight is 321 g/mol. The van der Waals surface area contributed by atoms with E-state index in [1.807, 2.05) is 24.3 Å². The van der Waals surface area contributed by atoms with Gasteiger partial charge in [-0.3, -0.25) is 10.1 Å². The summed E-state index contributed by atoms with van der Waals surface area (Å²) in [6, 6.07) is 12.5. The zero-order valence-corrected chi connectivity index (χ0v) is 13.0. The summed E-state index contributed by atoms with van der Waals surface area (Å²) in [5.41, 5.74) is 3.12. The van der Waals surface area contributed by atoms with Gasteiger partial charge in [0, 0.05) is 32.3 Å². The van der Waals surface area contributed by atoms with E-state index in [-0.39, 0.29) is 5.69 Å². The molecular formula is C16H17ClN2O3. The van der Waals surface area contributed by atoms with Crippen molar-refractivity contribution in [2.75, 3.05) is 7.11 Å². The predicted molar refractivity (Wildman–Crippen MR) is 85.8 cm³/mol. The number of halogens is 1. The Balaban J connectivity index is 1.98. The predicted octanol–water partition coefficient (Wildman–Crippen LogP) is 3.68. The Kier molecular flexibility index (Phi) is 5.89. The molecule has 22 heavy (non-hydrogen) atoms. The van der Waals surface area contributed by atoms with E-state index in [1.54, 1.807) is 13.2 Å². The molecule has 0 spiro atoms. The van der Waals surface area contributed by atoms with E-state index in [0.717, 1.165) is 16.7 Å². The van der Waals surface area contributed by atoms with Crippen molar-refractivity contribution in [3.63, 3.8) is 0 Å². The van der Waals surface area contributed by atoms with Crippen molar-refractivity contribution < 1.29 is 9.66 Å². The third-order valence-corrected chi connectivity index (χ3v) is 3.65. The number of nitro benzene ring substituents is 1. The quantitative estimate of drug-likeness (QED) is 0.624. The third kappa shape index (κ3) is 4.27. The van der Waals surface area contributed by atoms with E-state index in [1.165, 1.54) is 12.1 Å². The largest absolute Gasteiger partial charge is 0.380 e. The molecular weight excluding hydrogens is 304 g/mol. The number of nitrogens with one attached hydrogen (secondary N) is 1. The van der Waals surface area contributed by atoms with E-state index in [0.29, 0.717) is 24.7 Å². The fourth-order valence-corrected chi connectivity index (χ4v) is 2.39. The Labute approximate surface area is 134 Å². The highest BCUT2D eigenvalue weighted by Crippen LogP contribution is 2.22. The van der Waals surface area contributed by atoms with Crippen LogP contribution in [0.4, 0.5) is 5.69 Å². The molecule has 0 aliphatic rings. The normalized spacial score (nSPS) is 10.6. The van der Waals surface area contributed by atoms with Gasteiger partial charge in [0.15, 0.2) is 0 Å². The lowest BCUT2D eigenvalue weighted by atomic mass is 10.1. The van der Waals surface area contributed by atoms with Gasteiger partial charge in [0.25, 0.3) is 5.69 Å². The molecule has 2 aromatic carbocycles. The van der Waals surface area contributed by atoms with Crippen molar-refractivity contribution in [3.05, 3.63) is 74.3 Å². The summed E-state index contributed by atoms with van der Waals surface area (Å²) in [7, 11) is 1.67. The molecule has 0 saturated heterocycles. The van der Waals surface area contributed by atoms with Crippen LogP contribution in [-0.2, 0) is 24.4 Å². The lowest BCUT2D eigenvalue weighted by molar-refractivity contribution is -0.384. The summed E-state index contributed by atoms with van der Waals surface area (Å²) in [5, 5.41) is 14.4. The highest BCUT2D eigenvalue weighted by Gasteiger charge is 2.09. The Bertz CT molecular complexity index is 662. The summed E-state index contributed by atoms with van der Waals surface area (Å²) < 4.78 is 5.18. The van der Waals surface area contributed by atoms with E-state index < -0.39 is 4.92 Å². The third-order valence-electron chi connectivity index (χ3n) is 3.30. The second-order valence-corrected chi connectivity index (χ2v) is 5.25. The molecule has 0 amide bonds. The average Bonchev–Trinajstić information content (AvgIpc) is 2.50. The molecule has 2 aromatic rings. The van der Waals surface area contributed by atoms with Crippen molar-refractivity contribution in [3.8, 4) is 0 Å². The van der Waals surface area contributed by atoms with E-state index in [4.69, 9.17) is 16.3 Å². The van der Waals surface area contributed by atoms with Gasteiger partial charge in [-0.25, -0.2) is 0 Å². The minimum absolute atomic E-state index is 0.000750. The van der Waals surface area contributed by atoms with Crippen molar-refractivity contribution >= 4 is 17.3 Å². The van der Waals surface area contributed by atoms with Gasteiger partial charge in [-0.2, -0.15) is 0 Å². The van der Waals surface area contributed by atoms with Crippen LogP contribution in [-0.4, -0.2) is 12.0 Å². The molecule has 0 radical (unpaired) electrons. The maximum absolute atomic E-state index is 10.7. The minimum atomic E-state index is -0.454. The van der Waals surface area contributed by atoms with Crippen molar-refractivity contribution in [2.24, 2.45) is 0 Å². The highest BCUT2D eigenvalue weighted by atomic mass is 35.5. The first-order valence-electron chi connectivity index (χ1n) is 6.81. The zero-order chi connectivity index (χ0) is 15.9. The van der Waals surface area contributed by atoms with Gasteiger partial charge >= 0.3 is 0 Å². The second kappa shape index (κ2) is 7.89. The summed E-state index contributed by atoms with van der Waals surface area (Å²) >= 11 is 6.07. The molecule has 0 aromatic heterocycles. The molecule has 0 aliphatic heterocycles. The monoisotopic (exact) mass is 320 g/mol. The van der Waals surface area contributed by atoms with Crippen molar-refractivity contribution in [1.82, 2.24) is 5.32 Å². The van der Waals surface area contributed by atoms with Gasteiger partial charge in [-0.15, -0.1) is 0 Å². The lowest BCUT2D eigenvalue weighted by Gasteiger charge is -2.10. The van der Waals surface area contributed by atoms with Crippen LogP contribution in [0.2, 0.25) is 5.02 Å². The van der Waals surface area contributed by atoms with E-state index in [9.17, 15) is 10.1 Å². The van der Waals surface area contributed by atoms with Gasteiger partial charge in [0.1, 0.15) is 0 Å². The topological polar surface area (TPSA) is 64.4 Å². The van der Waals surface area contributed by atoms with Gasteiger partial charge in [-0.05, 0) is 22.8 Å². The lowest BCUT2D eigenvalue weighted by Crippen LogP contribution is -2.14. The Hall–Kier alpha value is -1.95. The van der Waals surface area contributed by atoms with Gasteiger partial charge in [0.05, 0.1) is 16.6 Å².